The highest BCUT2D eigenvalue weighted by atomic mass is 16.6. The molecule has 0 rings (SSSR count). The number of unbranched alkanes of at least 4 members (excludes halogenated alkanes) is 6. The van der Waals surface area contributed by atoms with Gasteiger partial charge in [-0.15, -0.1) is 0 Å². The number of rotatable bonds is 15. The number of hydrogen-bond donors (Lipinski definition) is 1. The standard InChI is InChI=1S/C20H34O8/c1-4-6-8-9-10-11-13-27-18(23)15-20(25,19(24)28-16(3)21)14-17(22)26-12-7-5-2/h25H,4-15H2,1-3H3. The molecule has 0 amide bonds. The summed E-state index contributed by atoms with van der Waals surface area (Å²) in [4.78, 5) is 46.9. The first-order chi connectivity index (χ1) is 13.2. The average molecular weight is 402 g/mol. The van der Waals surface area contributed by atoms with Crippen molar-refractivity contribution in [2.45, 2.75) is 90.6 Å². The molecule has 162 valence electrons. The zero-order valence-electron chi connectivity index (χ0n) is 17.3. The molecule has 0 aliphatic rings. The second-order valence-corrected chi connectivity index (χ2v) is 6.83. The van der Waals surface area contributed by atoms with Crippen molar-refractivity contribution < 1.29 is 38.5 Å². The summed E-state index contributed by atoms with van der Waals surface area (Å²) >= 11 is 0. The van der Waals surface area contributed by atoms with E-state index in [1.165, 1.54) is 6.42 Å². The second kappa shape index (κ2) is 15.0. The van der Waals surface area contributed by atoms with Gasteiger partial charge >= 0.3 is 23.9 Å². The predicted molar refractivity (Wildman–Crippen MR) is 101 cm³/mol. The fraction of sp³-hybridized carbons (Fsp3) is 0.800. The Balaban J connectivity index is 4.61. The fourth-order valence-electron chi connectivity index (χ4n) is 2.41. The van der Waals surface area contributed by atoms with Crippen LogP contribution in [0, 0.1) is 0 Å². The minimum atomic E-state index is -2.51. The van der Waals surface area contributed by atoms with Crippen LogP contribution >= 0.6 is 0 Å². The molecule has 8 heteroatoms. The van der Waals surface area contributed by atoms with Crippen LogP contribution in [-0.2, 0) is 33.4 Å². The molecule has 0 spiro atoms. The minimum Gasteiger partial charge on any atom is -0.466 e. The molecule has 0 aliphatic carbocycles. The van der Waals surface area contributed by atoms with Crippen molar-refractivity contribution in [3.63, 3.8) is 0 Å². The van der Waals surface area contributed by atoms with Gasteiger partial charge in [0.1, 0.15) is 0 Å². The van der Waals surface area contributed by atoms with Crippen LogP contribution in [0.1, 0.15) is 85.0 Å². The molecule has 0 bridgehead atoms. The van der Waals surface area contributed by atoms with Gasteiger partial charge in [0, 0.05) is 6.92 Å². The van der Waals surface area contributed by atoms with E-state index in [9.17, 15) is 24.3 Å². The average Bonchev–Trinajstić information content (AvgIpc) is 2.60. The fourth-order valence-corrected chi connectivity index (χ4v) is 2.41. The number of ether oxygens (including phenoxy) is 3. The van der Waals surface area contributed by atoms with Crippen molar-refractivity contribution in [2.75, 3.05) is 13.2 Å². The molecule has 1 atom stereocenters. The van der Waals surface area contributed by atoms with E-state index in [1.54, 1.807) is 0 Å². The first-order valence-corrected chi connectivity index (χ1v) is 10.0. The number of hydrogen-bond acceptors (Lipinski definition) is 8. The molecular formula is C20H34O8. The van der Waals surface area contributed by atoms with Crippen LogP contribution < -0.4 is 0 Å². The van der Waals surface area contributed by atoms with Crippen LogP contribution in [0.4, 0.5) is 0 Å². The van der Waals surface area contributed by atoms with Gasteiger partial charge in [0.25, 0.3) is 0 Å². The highest BCUT2D eigenvalue weighted by Gasteiger charge is 2.44. The Bertz CT molecular complexity index is 502. The summed E-state index contributed by atoms with van der Waals surface area (Å²) in [5, 5.41) is 10.5. The number of carbonyl (C=O) groups excluding carboxylic acids is 4. The summed E-state index contributed by atoms with van der Waals surface area (Å²) in [6.07, 6.45) is 5.90. The Labute approximate surface area is 166 Å². The molecule has 0 heterocycles. The summed E-state index contributed by atoms with van der Waals surface area (Å²) in [6, 6.07) is 0. The molecule has 0 aromatic heterocycles. The van der Waals surface area contributed by atoms with Crippen LogP contribution in [0.3, 0.4) is 0 Å². The van der Waals surface area contributed by atoms with Gasteiger partial charge in [0.15, 0.2) is 5.60 Å². The summed E-state index contributed by atoms with van der Waals surface area (Å²) in [6.45, 7) is 5.31. The zero-order valence-corrected chi connectivity index (χ0v) is 17.3. The third-order valence-electron chi connectivity index (χ3n) is 4.01. The van der Waals surface area contributed by atoms with Gasteiger partial charge in [-0.25, -0.2) is 4.79 Å². The summed E-state index contributed by atoms with van der Waals surface area (Å²) in [7, 11) is 0. The minimum absolute atomic E-state index is 0.135. The summed E-state index contributed by atoms with van der Waals surface area (Å²) < 4.78 is 14.3. The highest BCUT2D eigenvalue weighted by Crippen LogP contribution is 2.20. The molecule has 0 saturated carbocycles. The quantitative estimate of drug-likeness (QED) is 0.192. The highest BCUT2D eigenvalue weighted by molar-refractivity contribution is 5.95. The SMILES string of the molecule is CCCCCCCCOC(=O)CC(O)(CC(=O)OCCCC)C(=O)OC(C)=O. The third kappa shape index (κ3) is 12.4. The normalized spacial score (nSPS) is 12.7. The Morgan fingerprint density at radius 2 is 1.21 bits per heavy atom. The van der Waals surface area contributed by atoms with Crippen LogP contribution in [-0.4, -0.2) is 47.8 Å². The van der Waals surface area contributed by atoms with Gasteiger partial charge < -0.3 is 19.3 Å². The zero-order chi connectivity index (χ0) is 21.4. The van der Waals surface area contributed by atoms with Crippen molar-refractivity contribution in [3.8, 4) is 0 Å². The van der Waals surface area contributed by atoms with Crippen LogP contribution in [0.5, 0.6) is 0 Å². The van der Waals surface area contributed by atoms with Gasteiger partial charge in [0.2, 0.25) is 0 Å². The van der Waals surface area contributed by atoms with Crippen LogP contribution in [0.25, 0.3) is 0 Å². The molecule has 0 saturated heterocycles. The molecule has 28 heavy (non-hydrogen) atoms. The van der Waals surface area contributed by atoms with E-state index in [2.05, 4.69) is 11.7 Å². The van der Waals surface area contributed by atoms with Gasteiger partial charge in [-0.3, -0.25) is 14.4 Å². The van der Waals surface area contributed by atoms with Crippen molar-refractivity contribution >= 4 is 23.9 Å². The van der Waals surface area contributed by atoms with E-state index in [1.807, 2.05) is 6.92 Å². The first kappa shape index (κ1) is 26.0. The molecule has 1 unspecified atom stereocenters. The Hall–Kier alpha value is -1.96. The predicted octanol–water partition coefficient (Wildman–Crippen LogP) is 2.83. The molecule has 1 N–H and O–H groups in total. The van der Waals surface area contributed by atoms with Gasteiger partial charge in [-0.05, 0) is 12.8 Å². The third-order valence-corrected chi connectivity index (χ3v) is 4.01. The van der Waals surface area contributed by atoms with E-state index in [-0.39, 0.29) is 13.2 Å². The van der Waals surface area contributed by atoms with Crippen molar-refractivity contribution in [1.29, 1.82) is 0 Å². The van der Waals surface area contributed by atoms with Gasteiger partial charge in [-0.1, -0.05) is 52.4 Å². The lowest BCUT2D eigenvalue weighted by Gasteiger charge is -2.23. The van der Waals surface area contributed by atoms with E-state index in [0.29, 0.717) is 12.8 Å². The monoisotopic (exact) mass is 402 g/mol. The number of carbonyl (C=O) groups is 4. The lowest BCUT2D eigenvalue weighted by Crippen LogP contribution is -2.45. The lowest BCUT2D eigenvalue weighted by atomic mass is 9.95. The number of esters is 4. The maximum atomic E-state index is 12.0. The molecule has 0 aliphatic heterocycles. The maximum Gasteiger partial charge on any atom is 0.346 e. The molecule has 0 aromatic carbocycles. The van der Waals surface area contributed by atoms with E-state index in [0.717, 1.165) is 39.0 Å². The topological polar surface area (TPSA) is 116 Å². The summed E-state index contributed by atoms with van der Waals surface area (Å²) in [5.74, 6) is -4.04. The maximum absolute atomic E-state index is 12.0. The van der Waals surface area contributed by atoms with Crippen LogP contribution in [0.15, 0.2) is 0 Å². The van der Waals surface area contributed by atoms with Gasteiger partial charge in [-0.2, -0.15) is 0 Å². The molecule has 0 fully saturated rings. The largest absolute Gasteiger partial charge is 0.466 e. The van der Waals surface area contributed by atoms with Gasteiger partial charge in [0.05, 0.1) is 26.1 Å². The molecular weight excluding hydrogens is 368 g/mol. The molecule has 0 radical (unpaired) electrons. The molecule has 0 aromatic rings. The Morgan fingerprint density at radius 1 is 0.750 bits per heavy atom. The van der Waals surface area contributed by atoms with Crippen molar-refractivity contribution in [1.82, 2.24) is 0 Å². The Kier molecular flexibility index (Phi) is 14.0. The number of aliphatic hydroxyl groups is 1. The van der Waals surface area contributed by atoms with E-state index >= 15 is 0 Å². The second-order valence-electron chi connectivity index (χ2n) is 6.83. The van der Waals surface area contributed by atoms with Crippen molar-refractivity contribution in [2.24, 2.45) is 0 Å². The van der Waals surface area contributed by atoms with Crippen molar-refractivity contribution in [3.05, 3.63) is 0 Å². The lowest BCUT2D eigenvalue weighted by molar-refractivity contribution is -0.182. The van der Waals surface area contributed by atoms with E-state index in [4.69, 9.17) is 9.47 Å². The smallest absolute Gasteiger partial charge is 0.346 e. The van der Waals surface area contributed by atoms with E-state index < -0.39 is 42.3 Å². The van der Waals surface area contributed by atoms with Crippen LogP contribution in [0.2, 0.25) is 0 Å². The Morgan fingerprint density at radius 3 is 1.71 bits per heavy atom. The molecule has 8 nitrogen and oxygen atoms in total. The first-order valence-electron chi connectivity index (χ1n) is 10.0. The summed E-state index contributed by atoms with van der Waals surface area (Å²) in [5.41, 5.74) is -2.51.